The van der Waals surface area contributed by atoms with Crippen molar-refractivity contribution in [2.45, 2.75) is 33.1 Å². The Balaban J connectivity index is 2.65. The van der Waals surface area contributed by atoms with Gasteiger partial charge in [-0.1, -0.05) is 26.0 Å². The summed E-state index contributed by atoms with van der Waals surface area (Å²) in [6.45, 7) is 4.06. The predicted molar refractivity (Wildman–Crippen MR) is 52.4 cm³/mol. The van der Waals surface area contributed by atoms with Crippen molar-refractivity contribution in [2.75, 3.05) is 0 Å². The molecule has 0 bridgehead atoms. The predicted octanol–water partition coefficient (Wildman–Crippen LogP) is 2.07. The second-order valence-corrected chi connectivity index (χ2v) is 3.51. The standard InChI is InChI=1S/C11H16O3/c1-3-5-6-8(4-2)9-7-10(12)14-11(9)13/h5-6,8-9H,3-4,7H2,1-2H3. The van der Waals surface area contributed by atoms with Crippen molar-refractivity contribution in [3.63, 3.8) is 0 Å². The number of rotatable bonds is 4. The number of esters is 2. The van der Waals surface area contributed by atoms with E-state index in [-0.39, 0.29) is 30.2 Å². The maximum atomic E-state index is 11.3. The summed E-state index contributed by atoms with van der Waals surface area (Å²) in [6.07, 6.45) is 6.11. The topological polar surface area (TPSA) is 43.4 Å². The number of allylic oxidation sites excluding steroid dienone is 2. The Bertz CT molecular complexity index is 255. The number of carbonyl (C=O) groups is 2. The van der Waals surface area contributed by atoms with Crippen LogP contribution < -0.4 is 0 Å². The zero-order valence-electron chi connectivity index (χ0n) is 8.66. The van der Waals surface area contributed by atoms with Gasteiger partial charge in [0, 0.05) is 0 Å². The van der Waals surface area contributed by atoms with Gasteiger partial charge in [0.1, 0.15) is 0 Å². The average molecular weight is 196 g/mol. The van der Waals surface area contributed by atoms with Gasteiger partial charge in [0.15, 0.2) is 0 Å². The number of hydrogen-bond acceptors (Lipinski definition) is 3. The van der Waals surface area contributed by atoms with Gasteiger partial charge in [0.2, 0.25) is 0 Å². The van der Waals surface area contributed by atoms with E-state index in [9.17, 15) is 9.59 Å². The van der Waals surface area contributed by atoms with Crippen molar-refractivity contribution in [1.82, 2.24) is 0 Å². The van der Waals surface area contributed by atoms with Crippen molar-refractivity contribution in [2.24, 2.45) is 11.8 Å². The smallest absolute Gasteiger partial charge is 0.317 e. The molecule has 1 aliphatic heterocycles. The van der Waals surface area contributed by atoms with Crippen molar-refractivity contribution in [3.05, 3.63) is 12.2 Å². The Morgan fingerprint density at radius 2 is 2.21 bits per heavy atom. The summed E-state index contributed by atoms with van der Waals surface area (Å²) < 4.78 is 4.52. The number of ether oxygens (including phenoxy) is 1. The van der Waals surface area contributed by atoms with Crippen molar-refractivity contribution < 1.29 is 14.3 Å². The van der Waals surface area contributed by atoms with Crippen LogP contribution in [0.25, 0.3) is 0 Å². The first-order valence-corrected chi connectivity index (χ1v) is 5.10. The molecule has 1 fully saturated rings. The van der Waals surface area contributed by atoms with Gasteiger partial charge in [-0.05, 0) is 18.8 Å². The summed E-state index contributed by atoms with van der Waals surface area (Å²) in [5.41, 5.74) is 0. The fourth-order valence-corrected chi connectivity index (χ4v) is 1.68. The molecule has 2 unspecified atom stereocenters. The molecule has 0 aromatic rings. The molecule has 0 radical (unpaired) electrons. The lowest BCUT2D eigenvalue weighted by molar-refractivity contribution is -0.153. The van der Waals surface area contributed by atoms with Gasteiger partial charge in [-0.15, -0.1) is 0 Å². The Kier molecular flexibility index (Phi) is 3.86. The van der Waals surface area contributed by atoms with Crippen LogP contribution in [0.5, 0.6) is 0 Å². The third-order valence-electron chi connectivity index (χ3n) is 2.51. The minimum absolute atomic E-state index is 0.147. The zero-order chi connectivity index (χ0) is 10.6. The minimum Gasteiger partial charge on any atom is -0.393 e. The van der Waals surface area contributed by atoms with Crippen LogP contribution in [0.3, 0.4) is 0 Å². The molecule has 0 aromatic heterocycles. The Hall–Kier alpha value is -1.12. The number of hydrogen-bond donors (Lipinski definition) is 0. The zero-order valence-corrected chi connectivity index (χ0v) is 8.66. The molecule has 1 rings (SSSR count). The highest BCUT2D eigenvalue weighted by molar-refractivity contribution is 5.94. The van der Waals surface area contributed by atoms with Crippen LogP contribution in [0.1, 0.15) is 33.1 Å². The van der Waals surface area contributed by atoms with Crippen LogP contribution in [0.2, 0.25) is 0 Å². The van der Waals surface area contributed by atoms with Gasteiger partial charge < -0.3 is 4.74 Å². The van der Waals surface area contributed by atoms with E-state index in [2.05, 4.69) is 4.74 Å². The fraction of sp³-hybridized carbons (Fsp3) is 0.636. The van der Waals surface area contributed by atoms with Crippen LogP contribution in [-0.4, -0.2) is 11.9 Å². The Morgan fingerprint density at radius 3 is 2.64 bits per heavy atom. The third-order valence-corrected chi connectivity index (χ3v) is 2.51. The highest BCUT2D eigenvalue weighted by Crippen LogP contribution is 2.27. The second kappa shape index (κ2) is 4.94. The maximum Gasteiger partial charge on any atom is 0.317 e. The molecule has 1 aliphatic rings. The monoisotopic (exact) mass is 196 g/mol. The molecular formula is C11H16O3. The van der Waals surface area contributed by atoms with E-state index in [0.717, 1.165) is 12.8 Å². The second-order valence-electron chi connectivity index (χ2n) is 3.51. The number of cyclic esters (lactones) is 2. The van der Waals surface area contributed by atoms with Gasteiger partial charge in [-0.3, -0.25) is 9.59 Å². The lowest BCUT2D eigenvalue weighted by Crippen LogP contribution is -2.17. The Labute approximate surface area is 84.1 Å². The van der Waals surface area contributed by atoms with Gasteiger partial charge in [-0.2, -0.15) is 0 Å². The Morgan fingerprint density at radius 1 is 1.50 bits per heavy atom. The first-order valence-electron chi connectivity index (χ1n) is 5.10. The molecule has 0 amide bonds. The van der Waals surface area contributed by atoms with E-state index in [1.54, 1.807) is 0 Å². The highest BCUT2D eigenvalue weighted by atomic mass is 16.6. The normalized spacial score (nSPS) is 24.3. The molecular weight excluding hydrogens is 180 g/mol. The molecule has 1 saturated heterocycles. The van der Waals surface area contributed by atoms with E-state index in [0.29, 0.717) is 0 Å². The molecule has 2 atom stereocenters. The maximum absolute atomic E-state index is 11.3. The lowest BCUT2D eigenvalue weighted by atomic mass is 9.88. The molecule has 0 N–H and O–H groups in total. The van der Waals surface area contributed by atoms with Crippen LogP contribution >= 0.6 is 0 Å². The highest BCUT2D eigenvalue weighted by Gasteiger charge is 2.37. The van der Waals surface area contributed by atoms with Crippen LogP contribution in [0.4, 0.5) is 0 Å². The van der Waals surface area contributed by atoms with Crippen molar-refractivity contribution >= 4 is 11.9 Å². The van der Waals surface area contributed by atoms with E-state index < -0.39 is 0 Å². The summed E-state index contributed by atoms with van der Waals surface area (Å²) in [4.78, 5) is 22.2. The molecule has 0 aromatic carbocycles. The summed E-state index contributed by atoms with van der Waals surface area (Å²) >= 11 is 0. The van der Waals surface area contributed by atoms with Gasteiger partial charge in [0.25, 0.3) is 0 Å². The molecule has 0 saturated carbocycles. The largest absolute Gasteiger partial charge is 0.393 e. The molecule has 0 aliphatic carbocycles. The van der Waals surface area contributed by atoms with Crippen molar-refractivity contribution in [3.8, 4) is 0 Å². The third kappa shape index (κ3) is 2.44. The van der Waals surface area contributed by atoms with E-state index >= 15 is 0 Å². The molecule has 3 nitrogen and oxygen atoms in total. The number of carbonyl (C=O) groups excluding carboxylic acids is 2. The van der Waals surface area contributed by atoms with Gasteiger partial charge >= 0.3 is 11.9 Å². The van der Waals surface area contributed by atoms with E-state index in [4.69, 9.17) is 0 Å². The van der Waals surface area contributed by atoms with Gasteiger partial charge in [-0.25, -0.2) is 0 Å². The van der Waals surface area contributed by atoms with E-state index in [1.807, 2.05) is 26.0 Å². The summed E-state index contributed by atoms with van der Waals surface area (Å²) in [7, 11) is 0. The lowest BCUT2D eigenvalue weighted by Gasteiger charge is -2.13. The average Bonchev–Trinajstić information content (AvgIpc) is 2.47. The molecule has 78 valence electrons. The van der Waals surface area contributed by atoms with Crippen LogP contribution in [0.15, 0.2) is 12.2 Å². The van der Waals surface area contributed by atoms with Crippen molar-refractivity contribution in [1.29, 1.82) is 0 Å². The summed E-state index contributed by atoms with van der Waals surface area (Å²) in [5.74, 6) is -0.852. The first kappa shape index (κ1) is 11.0. The SMILES string of the molecule is CCC=CC(CC)C1CC(=O)OC1=O. The van der Waals surface area contributed by atoms with Gasteiger partial charge in [0.05, 0.1) is 12.3 Å². The summed E-state index contributed by atoms with van der Waals surface area (Å²) in [6, 6.07) is 0. The molecule has 0 spiro atoms. The van der Waals surface area contributed by atoms with E-state index in [1.165, 1.54) is 0 Å². The quantitative estimate of drug-likeness (QED) is 0.392. The van der Waals surface area contributed by atoms with Crippen LogP contribution in [-0.2, 0) is 14.3 Å². The molecule has 14 heavy (non-hydrogen) atoms. The molecule has 3 heteroatoms. The van der Waals surface area contributed by atoms with Crippen LogP contribution in [0, 0.1) is 11.8 Å². The minimum atomic E-state index is -0.386. The fourth-order valence-electron chi connectivity index (χ4n) is 1.68. The molecule has 1 heterocycles. The first-order chi connectivity index (χ1) is 6.69. The summed E-state index contributed by atoms with van der Waals surface area (Å²) in [5, 5.41) is 0.